The Morgan fingerprint density at radius 1 is 0.968 bits per heavy atom. The highest BCUT2D eigenvalue weighted by Gasteiger charge is 2.18. The van der Waals surface area contributed by atoms with Gasteiger partial charge in [0.2, 0.25) is 0 Å². The van der Waals surface area contributed by atoms with E-state index in [0.29, 0.717) is 11.3 Å². The van der Waals surface area contributed by atoms with Gasteiger partial charge >= 0.3 is 6.09 Å². The molecule has 0 unspecified atom stereocenters. The maximum Gasteiger partial charge on any atom is 0.412 e. The second kappa shape index (κ2) is 9.39. The number of rotatable bonds is 4. The first-order valence-corrected chi connectivity index (χ1v) is 10.6. The van der Waals surface area contributed by atoms with Gasteiger partial charge in [-0.3, -0.25) is 10.1 Å². The summed E-state index contributed by atoms with van der Waals surface area (Å²) in [6.07, 6.45) is -0.555. The van der Waals surface area contributed by atoms with E-state index in [4.69, 9.17) is 4.74 Å². The number of benzene rings is 2. The van der Waals surface area contributed by atoms with Crippen LogP contribution in [0.3, 0.4) is 0 Å². The summed E-state index contributed by atoms with van der Waals surface area (Å²) in [5, 5.41) is 5.64. The van der Waals surface area contributed by atoms with Crippen LogP contribution < -0.4 is 15.5 Å². The molecule has 1 fully saturated rings. The number of ether oxygens (including phenoxy) is 1. The maximum absolute atomic E-state index is 12.8. The minimum Gasteiger partial charge on any atom is -0.444 e. The highest BCUT2D eigenvalue weighted by atomic mass is 16.6. The van der Waals surface area contributed by atoms with Crippen molar-refractivity contribution < 1.29 is 14.3 Å². The van der Waals surface area contributed by atoms with Crippen molar-refractivity contribution in [2.45, 2.75) is 33.3 Å². The van der Waals surface area contributed by atoms with Crippen molar-refractivity contribution in [3.63, 3.8) is 0 Å². The third-order valence-electron chi connectivity index (χ3n) is 5.10. The summed E-state index contributed by atoms with van der Waals surface area (Å²) in [6.45, 7) is 11.5. The maximum atomic E-state index is 12.8. The van der Waals surface area contributed by atoms with Gasteiger partial charge in [0.05, 0.1) is 0 Å². The fourth-order valence-electron chi connectivity index (χ4n) is 3.40. The lowest BCUT2D eigenvalue weighted by Crippen LogP contribution is -2.44. The van der Waals surface area contributed by atoms with Gasteiger partial charge in [-0.1, -0.05) is 6.07 Å². The Hall–Kier alpha value is -3.06. The molecule has 0 radical (unpaired) electrons. The number of piperazine rings is 1. The minimum atomic E-state index is -0.590. The molecule has 166 valence electrons. The first-order chi connectivity index (χ1) is 14.6. The highest BCUT2D eigenvalue weighted by molar-refractivity contribution is 6.05. The second-order valence-corrected chi connectivity index (χ2v) is 8.95. The average Bonchev–Trinajstić information content (AvgIpc) is 2.69. The highest BCUT2D eigenvalue weighted by Crippen LogP contribution is 2.24. The fraction of sp³-hybridized carbons (Fsp3) is 0.417. The summed E-state index contributed by atoms with van der Waals surface area (Å²) in [6, 6.07) is 12.9. The first kappa shape index (κ1) is 22.6. The van der Waals surface area contributed by atoms with Crippen molar-refractivity contribution in [1.29, 1.82) is 0 Å². The molecule has 0 aliphatic carbocycles. The molecule has 0 atom stereocenters. The first-order valence-electron chi connectivity index (χ1n) is 10.6. The molecular weight excluding hydrogens is 392 g/mol. The topological polar surface area (TPSA) is 73.9 Å². The number of aryl methyl sites for hydroxylation is 1. The molecule has 1 saturated heterocycles. The van der Waals surface area contributed by atoms with E-state index in [0.717, 1.165) is 37.4 Å². The van der Waals surface area contributed by atoms with Crippen LogP contribution in [0.15, 0.2) is 42.5 Å². The molecular formula is C24H32N4O3. The third kappa shape index (κ3) is 6.46. The van der Waals surface area contributed by atoms with Gasteiger partial charge in [-0.25, -0.2) is 4.79 Å². The normalized spacial score (nSPS) is 14.8. The molecule has 2 aromatic rings. The zero-order valence-electron chi connectivity index (χ0n) is 19.0. The SMILES string of the molecule is Cc1cc(N2CCN(C)CC2)ccc1NC(=O)c1cccc(NC(=O)OC(C)(C)C)c1. The van der Waals surface area contributed by atoms with Crippen LogP contribution in [0, 0.1) is 6.92 Å². The number of nitrogens with zero attached hydrogens (tertiary/aromatic N) is 2. The van der Waals surface area contributed by atoms with E-state index >= 15 is 0 Å². The van der Waals surface area contributed by atoms with Crippen LogP contribution in [-0.2, 0) is 4.74 Å². The van der Waals surface area contributed by atoms with Gasteiger partial charge in [0, 0.05) is 48.8 Å². The molecule has 0 bridgehead atoms. The average molecular weight is 425 g/mol. The Kier molecular flexibility index (Phi) is 6.85. The number of hydrogen-bond acceptors (Lipinski definition) is 5. The summed E-state index contributed by atoms with van der Waals surface area (Å²) in [4.78, 5) is 29.5. The van der Waals surface area contributed by atoms with E-state index in [1.165, 1.54) is 5.69 Å². The van der Waals surface area contributed by atoms with E-state index in [1.807, 2.05) is 13.0 Å². The van der Waals surface area contributed by atoms with Crippen molar-refractivity contribution in [2.75, 3.05) is 48.8 Å². The Morgan fingerprint density at radius 3 is 2.32 bits per heavy atom. The number of carbonyl (C=O) groups excluding carboxylic acids is 2. The monoisotopic (exact) mass is 424 g/mol. The van der Waals surface area contributed by atoms with Gasteiger partial charge in [0.1, 0.15) is 5.60 Å². The standard InChI is InChI=1S/C24H32N4O3/c1-17-15-20(28-13-11-27(5)12-14-28)9-10-21(17)26-22(29)18-7-6-8-19(16-18)25-23(30)31-24(2,3)4/h6-10,15-16H,11-14H2,1-5H3,(H,25,30)(H,26,29). The van der Waals surface area contributed by atoms with Crippen LogP contribution in [0.2, 0.25) is 0 Å². The lowest BCUT2D eigenvalue weighted by atomic mass is 10.1. The van der Waals surface area contributed by atoms with Gasteiger partial charge < -0.3 is 19.9 Å². The molecule has 0 spiro atoms. The summed E-state index contributed by atoms with van der Waals surface area (Å²) in [5.74, 6) is -0.233. The van der Waals surface area contributed by atoms with Crippen LogP contribution in [0.25, 0.3) is 0 Å². The van der Waals surface area contributed by atoms with Gasteiger partial charge in [0.25, 0.3) is 5.91 Å². The molecule has 31 heavy (non-hydrogen) atoms. The lowest BCUT2D eigenvalue weighted by molar-refractivity contribution is 0.0635. The Morgan fingerprint density at radius 2 is 1.68 bits per heavy atom. The van der Waals surface area contributed by atoms with Crippen LogP contribution in [0.4, 0.5) is 21.9 Å². The third-order valence-corrected chi connectivity index (χ3v) is 5.10. The predicted octanol–water partition coefficient (Wildman–Crippen LogP) is 4.35. The lowest BCUT2D eigenvalue weighted by Gasteiger charge is -2.34. The summed E-state index contributed by atoms with van der Waals surface area (Å²) in [7, 11) is 2.14. The molecule has 1 aliphatic rings. The Balaban J connectivity index is 1.65. The van der Waals surface area contributed by atoms with E-state index in [2.05, 4.69) is 39.6 Å². The van der Waals surface area contributed by atoms with Crippen LogP contribution in [-0.4, -0.2) is 55.7 Å². The number of likely N-dealkylation sites (N-methyl/N-ethyl adjacent to an activating group) is 1. The summed E-state index contributed by atoms with van der Waals surface area (Å²) in [5.41, 5.74) is 3.32. The molecule has 7 nitrogen and oxygen atoms in total. The zero-order valence-corrected chi connectivity index (χ0v) is 19.0. The van der Waals surface area contributed by atoms with Gasteiger partial charge in [-0.15, -0.1) is 0 Å². The van der Waals surface area contributed by atoms with Gasteiger partial charge in [-0.2, -0.15) is 0 Å². The molecule has 0 aromatic heterocycles. The van der Waals surface area contributed by atoms with Crippen LogP contribution in [0.1, 0.15) is 36.7 Å². The van der Waals surface area contributed by atoms with Crippen LogP contribution in [0.5, 0.6) is 0 Å². The Labute approximate surface area is 184 Å². The summed E-state index contributed by atoms with van der Waals surface area (Å²) >= 11 is 0. The molecule has 2 aromatic carbocycles. The van der Waals surface area contributed by atoms with Gasteiger partial charge in [0.15, 0.2) is 0 Å². The summed E-state index contributed by atoms with van der Waals surface area (Å²) < 4.78 is 5.26. The largest absolute Gasteiger partial charge is 0.444 e. The number of nitrogens with one attached hydrogen (secondary N) is 2. The van der Waals surface area contributed by atoms with Crippen molar-refractivity contribution in [3.8, 4) is 0 Å². The molecule has 1 heterocycles. The quantitative estimate of drug-likeness (QED) is 0.764. The fourth-order valence-corrected chi connectivity index (χ4v) is 3.40. The second-order valence-electron chi connectivity index (χ2n) is 8.95. The smallest absolute Gasteiger partial charge is 0.412 e. The number of amides is 2. The molecule has 1 aliphatic heterocycles. The molecule has 7 heteroatoms. The van der Waals surface area contributed by atoms with E-state index in [1.54, 1.807) is 45.0 Å². The number of anilines is 3. The molecule has 0 saturated carbocycles. The van der Waals surface area contributed by atoms with Gasteiger partial charge in [-0.05, 0) is 76.7 Å². The molecule has 2 N–H and O–H groups in total. The molecule has 3 rings (SSSR count). The van der Waals surface area contributed by atoms with E-state index in [9.17, 15) is 9.59 Å². The minimum absolute atomic E-state index is 0.233. The number of carbonyl (C=O) groups is 2. The molecule has 2 amide bonds. The van der Waals surface area contributed by atoms with Crippen molar-refractivity contribution in [3.05, 3.63) is 53.6 Å². The zero-order chi connectivity index (χ0) is 22.6. The van der Waals surface area contributed by atoms with E-state index in [-0.39, 0.29) is 5.91 Å². The van der Waals surface area contributed by atoms with E-state index < -0.39 is 11.7 Å². The predicted molar refractivity (Wildman–Crippen MR) is 125 cm³/mol. The number of hydrogen-bond donors (Lipinski definition) is 2. The Bertz CT molecular complexity index is 944. The van der Waals surface area contributed by atoms with Crippen molar-refractivity contribution >= 4 is 29.1 Å². The van der Waals surface area contributed by atoms with Crippen LogP contribution >= 0.6 is 0 Å². The van der Waals surface area contributed by atoms with Crippen molar-refractivity contribution in [2.24, 2.45) is 0 Å². The van der Waals surface area contributed by atoms with Crippen molar-refractivity contribution in [1.82, 2.24) is 4.90 Å².